The van der Waals surface area contributed by atoms with E-state index < -0.39 is 0 Å². The van der Waals surface area contributed by atoms with Gasteiger partial charge in [-0.1, -0.05) is 41.6 Å². The third-order valence-electron chi connectivity index (χ3n) is 4.07. The fourth-order valence-electron chi connectivity index (χ4n) is 2.79. The summed E-state index contributed by atoms with van der Waals surface area (Å²) in [5.74, 6) is 5.73. The Kier molecular flexibility index (Phi) is 5.46. The zero-order valence-electron chi connectivity index (χ0n) is 14.7. The highest BCUT2D eigenvalue weighted by Crippen LogP contribution is 2.23. The molecule has 0 saturated heterocycles. The number of carbonyl (C=O) groups excluding carboxylic acids is 1. The van der Waals surface area contributed by atoms with Gasteiger partial charge in [0.15, 0.2) is 0 Å². The van der Waals surface area contributed by atoms with Crippen LogP contribution >= 0.6 is 11.6 Å². The number of hydrogen-bond donors (Lipinski definition) is 1. The average molecular weight is 363 g/mol. The molecule has 2 aromatic carbocycles. The van der Waals surface area contributed by atoms with E-state index in [-0.39, 0.29) is 12.5 Å². The van der Waals surface area contributed by atoms with Gasteiger partial charge in [0.05, 0.1) is 17.1 Å². The molecule has 0 saturated carbocycles. The number of aryl methyl sites for hydroxylation is 2. The Balaban J connectivity index is 1.75. The topological polar surface area (TPSA) is 34.0 Å². The van der Waals surface area contributed by atoms with Crippen LogP contribution in [0.5, 0.6) is 0 Å². The Hall–Kier alpha value is -2.96. The Morgan fingerprint density at radius 3 is 2.42 bits per heavy atom. The molecule has 0 spiro atoms. The van der Waals surface area contributed by atoms with Crippen LogP contribution in [0.2, 0.25) is 5.02 Å². The lowest BCUT2D eigenvalue weighted by atomic mass is 10.1. The summed E-state index contributed by atoms with van der Waals surface area (Å²) in [5, 5.41) is 3.23. The van der Waals surface area contributed by atoms with Crippen molar-refractivity contribution in [2.45, 2.75) is 13.8 Å². The van der Waals surface area contributed by atoms with E-state index in [1.54, 1.807) is 6.07 Å². The maximum absolute atomic E-state index is 12.5. The highest BCUT2D eigenvalue weighted by atomic mass is 35.5. The second kappa shape index (κ2) is 7.95. The van der Waals surface area contributed by atoms with Gasteiger partial charge >= 0.3 is 0 Å². The van der Waals surface area contributed by atoms with Crippen LogP contribution in [0.15, 0.2) is 60.7 Å². The van der Waals surface area contributed by atoms with Crippen LogP contribution in [0, 0.1) is 25.7 Å². The van der Waals surface area contributed by atoms with Crippen molar-refractivity contribution >= 4 is 17.5 Å². The van der Waals surface area contributed by atoms with Gasteiger partial charge in [0.2, 0.25) is 0 Å². The Morgan fingerprint density at radius 1 is 1.04 bits per heavy atom. The first-order valence-electron chi connectivity index (χ1n) is 8.33. The molecule has 1 N–H and O–H groups in total. The molecule has 0 aliphatic carbocycles. The van der Waals surface area contributed by atoms with Gasteiger partial charge in [-0.2, -0.15) is 0 Å². The maximum Gasteiger partial charge on any atom is 0.253 e. The molecule has 3 rings (SSSR count). The first kappa shape index (κ1) is 17.8. The number of benzene rings is 2. The lowest BCUT2D eigenvalue weighted by Crippen LogP contribution is -2.24. The average Bonchev–Trinajstić information content (AvgIpc) is 2.98. The van der Waals surface area contributed by atoms with Crippen LogP contribution in [-0.4, -0.2) is 17.0 Å². The van der Waals surface area contributed by atoms with Gasteiger partial charge in [0, 0.05) is 22.6 Å². The number of aromatic nitrogens is 1. The molecule has 1 amide bonds. The summed E-state index contributed by atoms with van der Waals surface area (Å²) >= 11 is 6.23. The molecule has 0 radical (unpaired) electrons. The Labute approximate surface area is 158 Å². The maximum atomic E-state index is 12.5. The third kappa shape index (κ3) is 3.99. The highest BCUT2D eigenvalue weighted by Gasteiger charge is 2.12. The molecule has 26 heavy (non-hydrogen) atoms. The minimum Gasteiger partial charge on any atom is -0.341 e. The Morgan fingerprint density at radius 2 is 1.73 bits per heavy atom. The first-order valence-corrected chi connectivity index (χ1v) is 8.71. The van der Waals surface area contributed by atoms with Gasteiger partial charge in [-0.3, -0.25) is 4.79 Å². The van der Waals surface area contributed by atoms with E-state index >= 15 is 0 Å². The summed E-state index contributed by atoms with van der Waals surface area (Å²) in [6.45, 7) is 4.32. The van der Waals surface area contributed by atoms with E-state index in [0.717, 1.165) is 22.6 Å². The number of nitrogens with zero attached hydrogens (tertiary/aromatic N) is 1. The van der Waals surface area contributed by atoms with Crippen LogP contribution in [0.1, 0.15) is 27.3 Å². The zero-order valence-corrected chi connectivity index (χ0v) is 15.5. The summed E-state index contributed by atoms with van der Waals surface area (Å²) in [6, 6.07) is 19.2. The van der Waals surface area contributed by atoms with Crippen LogP contribution in [-0.2, 0) is 0 Å². The van der Waals surface area contributed by atoms with Crippen molar-refractivity contribution < 1.29 is 4.79 Å². The third-order valence-corrected chi connectivity index (χ3v) is 4.40. The van der Waals surface area contributed by atoms with Crippen molar-refractivity contribution in [2.24, 2.45) is 0 Å². The molecular weight excluding hydrogens is 344 g/mol. The monoisotopic (exact) mass is 362 g/mol. The van der Waals surface area contributed by atoms with Gasteiger partial charge in [0.25, 0.3) is 5.91 Å². The van der Waals surface area contributed by atoms with E-state index in [1.165, 1.54) is 0 Å². The summed E-state index contributed by atoms with van der Waals surface area (Å²) in [4.78, 5) is 12.5. The van der Waals surface area contributed by atoms with Gasteiger partial charge < -0.3 is 9.88 Å². The van der Waals surface area contributed by atoms with Gasteiger partial charge in [-0.15, -0.1) is 0 Å². The highest BCUT2D eigenvalue weighted by molar-refractivity contribution is 6.33. The van der Waals surface area contributed by atoms with Crippen molar-refractivity contribution in [3.05, 3.63) is 88.2 Å². The van der Waals surface area contributed by atoms with Crippen LogP contribution in [0.4, 0.5) is 0 Å². The first-order chi connectivity index (χ1) is 12.6. The molecule has 4 heteroatoms. The van der Waals surface area contributed by atoms with Crippen LogP contribution in [0.3, 0.4) is 0 Å². The summed E-state index contributed by atoms with van der Waals surface area (Å²) in [6.07, 6.45) is 0. The summed E-state index contributed by atoms with van der Waals surface area (Å²) in [5.41, 5.74) is 4.48. The fourth-order valence-corrected chi connectivity index (χ4v) is 2.99. The van der Waals surface area contributed by atoms with Crippen molar-refractivity contribution in [1.29, 1.82) is 0 Å². The fraction of sp³-hybridized carbons (Fsp3) is 0.136. The van der Waals surface area contributed by atoms with E-state index in [4.69, 9.17) is 11.6 Å². The quantitative estimate of drug-likeness (QED) is 0.682. The Bertz CT molecular complexity index is 974. The molecule has 0 unspecified atom stereocenters. The standard InChI is InChI=1S/C22H19ClN2O/c1-16-10-11-17(2)25(16)19-12-13-21(23)20(15-19)22(26)24-14-6-9-18-7-4-3-5-8-18/h3-5,7-8,10-13,15H,14H2,1-2H3,(H,24,26). The van der Waals surface area contributed by atoms with Gasteiger partial charge in [-0.25, -0.2) is 0 Å². The molecule has 0 aliphatic rings. The summed E-state index contributed by atoms with van der Waals surface area (Å²) in [7, 11) is 0. The molecule has 0 bridgehead atoms. The van der Waals surface area contributed by atoms with Crippen molar-refractivity contribution in [3.8, 4) is 17.5 Å². The largest absolute Gasteiger partial charge is 0.341 e. The van der Waals surface area contributed by atoms with Crippen molar-refractivity contribution in [2.75, 3.05) is 6.54 Å². The number of amides is 1. The van der Waals surface area contributed by atoms with E-state index in [2.05, 4.69) is 21.7 Å². The molecule has 1 heterocycles. The SMILES string of the molecule is Cc1ccc(C)n1-c1ccc(Cl)c(C(=O)NCC#Cc2ccccc2)c1. The zero-order chi connectivity index (χ0) is 18.5. The predicted octanol–water partition coefficient (Wildman–Crippen LogP) is 4.53. The second-order valence-corrected chi connectivity index (χ2v) is 6.37. The van der Waals surface area contributed by atoms with Gasteiger partial charge in [0.1, 0.15) is 0 Å². The van der Waals surface area contributed by atoms with E-state index in [0.29, 0.717) is 10.6 Å². The van der Waals surface area contributed by atoms with Crippen LogP contribution < -0.4 is 5.32 Å². The lowest BCUT2D eigenvalue weighted by molar-refractivity contribution is 0.0959. The summed E-state index contributed by atoms with van der Waals surface area (Å²) < 4.78 is 2.09. The number of nitrogens with one attached hydrogen (secondary N) is 1. The molecule has 3 nitrogen and oxygen atoms in total. The van der Waals surface area contributed by atoms with E-state index in [1.807, 2.05) is 68.4 Å². The van der Waals surface area contributed by atoms with Crippen LogP contribution in [0.25, 0.3) is 5.69 Å². The van der Waals surface area contributed by atoms with Gasteiger partial charge in [-0.05, 0) is 56.3 Å². The molecule has 1 aromatic heterocycles. The van der Waals surface area contributed by atoms with Crippen molar-refractivity contribution in [3.63, 3.8) is 0 Å². The molecule has 3 aromatic rings. The molecule has 0 atom stereocenters. The normalized spacial score (nSPS) is 10.1. The second-order valence-electron chi connectivity index (χ2n) is 5.97. The number of rotatable bonds is 3. The van der Waals surface area contributed by atoms with Crippen molar-refractivity contribution in [1.82, 2.24) is 9.88 Å². The molecular formula is C22H19ClN2O. The van der Waals surface area contributed by atoms with E-state index in [9.17, 15) is 4.79 Å². The minimum absolute atomic E-state index is 0.235. The number of carbonyl (C=O) groups is 1. The predicted molar refractivity (Wildman–Crippen MR) is 106 cm³/mol. The molecule has 0 aliphatic heterocycles. The minimum atomic E-state index is -0.235. The molecule has 0 fully saturated rings. The lowest BCUT2D eigenvalue weighted by Gasteiger charge is -2.12. The smallest absolute Gasteiger partial charge is 0.253 e. The molecule has 130 valence electrons. The number of halogens is 1. The number of hydrogen-bond acceptors (Lipinski definition) is 1.